The van der Waals surface area contributed by atoms with E-state index in [9.17, 15) is 0 Å². The maximum absolute atomic E-state index is 2.48. The van der Waals surface area contributed by atoms with Crippen LogP contribution in [0.3, 0.4) is 0 Å². The normalized spacial score (nSPS) is 17.7. The molecule has 2 heterocycles. The maximum atomic E-state index is 2.48. The summed E-state index contributed by atoms with van der Waals surface area (Å²) in [7, 11) is 0. The summed E-state index contributed by atoms with van der Waals surface area (Å²) >= 11 is 0. The first-order valence-corrected chi connectivity index (χ1v) is 16.7. The third-order valence-electron chi connectivity index (χ3n) is 10.9. The van der Waals surface area contributed by atoms with Crippen molar-refractivity contribution in [2.75, 3.05) is 0 Å². The molecule has 0 bridgehead atoms. The van der Waals surface area contributed by atoms with Gasteiger partial charge in [0, 0.05) is 38.6 Å². The van der Waals surface area contributed by atoms with Crippen LogP contribution in [-0.4, -0.2) is 9.13 Å². The Kier molecular flexibility index (Phi) is 6.13. The van der Waals surface area contributed by atoms with Crippen LogP contribution in [0.1, 0.15) is 73.8 Å². The fourth-order valence-electron chi connectivity index (χ4n) is 8.71. The van der Waals surface area contributed by atoms with Crippen molar-refractivity contribution in [1.82, 2.24) is 9.13 Å². The number of allylic oxidation sites excluding steroid dienone is 1. The zero-order chi connectivity index (χ0) is 30.0. The molecule has 2 aliphatic rings. The van der Waals surface area contributed by atoms with Crippen molar-refractivity contribution in [3.05, 3.63) is 150 Å². The summed E-state index contributed by atoms with van der Waals surface area (Å²) in [5.41, 5.74) is 12.1. The van der Waals surface area contributed by atoms with Gasteiger partial charge in [0.15, 0.2) is 0 Å². The Bertz CT molecular complexity index is 2160. The van der Waals surface area contributed by atoms with Gasteiger partial charge in [-0.15, -0.1) is 0 Å². The van der Waals surface area contributed by atoms with Gasteiger partial charge in [0.25, 0.3) is 0 Å². The summed E-state index contributed by atoms with van der Waals surface area (Å²) in [6.07, 6.45) is 12.1. The van der Waals surface area contributed by atoms with E-state index in [0.717, 1.165) is 6.42 Å². The summed E-state index contributed by atoms with van der Waals surface area (Å²) in [6, 6.07) is 45.6. The van der Waals surface area contributed by atoms with Crippen molar-refractivity contribution in [2.45, 2.75) is 56.8 Å². The van der Waals surface area contributed by atoms with E-state index in [4.69, 9.17) is 0 Å². The second kappa shape index (κ2) is 10.4. The summed E-state index contributed by atoms with van der Waals surface area (Å²) in [5.74, 6) is 0.534. The van der Waals surface area contributed by atoms with Crippen molar-refractivity contribution >= 4 is 38.8 Å². The zero-order valence-corrected chi connectivity index (χ0v) is 25.9. The Morgan fingerprint density at radius 2 is 1.02 bits per heavy atom. The molecule has 0 N–H and O–H groups in total. The Labute approximate surface area is 265 Å². The molecule has 5 aromatic carbocycles. The van der Waals surface area contributed by atoms with Crippen molar-refractivity contribution in [3.8, 4) is 11.4 Å². The van der Waals surface area contributed by atoms with Crippen molar-refractivity contribution in [2.24, 2.45) is 0 Å². The molecule has 0 spiro atoms. The molecule has 0 saturated heterocycles. The monoisotopic (exact) mass is 582 g/mol. The Balaban J connectivity index is 1.13. The molecule has 0 amide bonds. The van der Waals surface area contributed by atoms with Crippen LogP contribution in [0.25, 0.3) is 50.2 Å². The molecule has 0 radical (unpaired) electrons. The number of fused-ring (bicyclic) bond motifs is 6. The standard InChI is InChI=1S/C43H38N2/c1-30-12-11-19-41-42(30)37-15-5-8-18-40(37)45(41)34-26-22-32(23-27-34)43(28-9-2-10-29-43)31-20-24-33(25-21-31)44-38-16-6-3-13-35(38)36-14-4-7-17-39(36)44/h3-8,11,13-27,30H,2,9-10,12,28-29H2,1H3. The van der Waals surface area contributed by atoms with Crippen molar-refractivity contribution < 1.29 is 0 Å². The van der Waals surface area contributed by atoms with E-state index >= 15 is 0 Å². The van der Waals surface area contributed by atoms with Gasteiger partial charge in [-0.05, 0) is 90.4 Å². The summed E-state index contributed by atoms with van der Waals surface area (Å²) in [5, 5.41) is 4.01. The van der Waals surface area contributed by atoms with E-state index in [1.807, 2.05) is 0 Å². The number of benzene rings is 5. The largest absolute Gasteiger partial charge is 0.310 e. The third kappa shape index (κ3) is 4.01. The molecule has 7 aromatic rings. The van der Waals surface area contributed by atoms with E-state index in [1.54, 1.807) is 0 Å². The minimum atomic E-state index is 0.0444. The molecule has 2 aromatic heterocycles. The van der Waals surface area contributed by atoms with Gasteiger partial charge in [-0.1, -0.05) is 111 Å². The van der Waals surface area contributed by atoms with E-state index in [1.165, 1.54) is 98.6 Å². The SMILES string of the molecule is CC1CC=Cc2c1c1ccccc1n2-c1ccc(C2(c3ccc(-n4c5ccccc5c5ccccc54)cc3)CCCCC2)cc1. The van der Waals surface area contributed by atoms with Crippen LogP contribution in [-0.2, 0) is 5.41 Å². The lowest BCUT2D eigenvalue weighted by Gasteiger charge is -2.39. The van der Waals surface area contributed by atoms with Crippen LogP contribution >= 0.6 is 0 Å². The minimum absolute atomic E-state index is 0.0444. The average molecular weight is 583 g/mol. The molecular formula is C43H38N2. The highest BCUT2D eigenvalue weighted by molar-refractivity contribution is 6.09. The summed E-state index contributed by atoms with van der Waals surface area (Å²) in [4.78, 5) is 0. The second-order valence-corrected chi connectivity index (χ2v) is 13.3. The summed E-state index contributed by atoms with van der Waals surface area (Å²) < 4.78 is 4.91. The third-order valence-corrected chi connectivity index (χ3v) is 10.9. The van der Waals surface area contributed by atoms with Crippen LogP contribution < -0.4 is 0 Å². The molecule has 2 heteroatoms. The lowest BCUT2D eigenvalue weighted by Crippen LogP contribution is -2.30. The van der Waals surface area contributed by atoms with Gasteiger partial charge >= 0.3 is 0 Å². The van der Waals surface area contributed by atoms with Gasteiger partial charge in [-0.3, -0.25) is 0 Å². The average Bonchev–Trinajstić information content (AvgIpc) is 3.63. The molecule has 0 aliphatic heterocycles. The fraction of sp³-hybridized carbons (Fsp3) is 0.209. The van der Waals surface area contributed by atoms with Crippen LogP contribution in [0.2, 0.25) is 0 Å². The van der Waals surface area contributed by atoms with Crippen LogP contribution in [0.5, 0.6) is 0 Å². The lowest BCUT2D eigenvalue weighted by atomic mass is 9.65. The van der Waals surface area contributed by atoms with Crippen molar-refractivity contribution in [3.63, 3.8) is 0 Å². The molecule has 1 unspecified atom stereocenters. The molecule has 1 saturated carbocycles. The highest BCUT2D eigenvalue weighted by Crippen LogP contribution is 2.46. The number of nitrogens with zero attached hydrogens (tertiary/aromatic N) is 2. The van der Waals surface area contributed by atoms with E-state index in [-0.39, 0.29) is 5.41 Å². The maximum Gasteiger partial charge on any atom is 0.0541 e. The molecule has 9 rings (SSSR count). The minimum Gasteiger partial charge on any atom is -0.310 e. The Morgan fingerprint density at radius 1 is 0.533 bits per heavy atom. The van der Waals surface area contributed by atoms with Gasteiger partial charge in [0.05, 0.1) is 16.6 Å². The number of para-hydroxylation sites is 3. The Hall–Kier alpha value is -4.82. The summed E-state index contributed by atoms with van der Waals surface area (Å²) in [6.45, 7) is 2.36. The molecule has 1 fully saturated rings. The number of aromatic nitrogens is 2. The van der Waals surface area contributed by atoms with Gasteiger partial charge < -0.3 is 9.13 Å². The van der Waals surface area contributed by atoms with Gasteiger partial charge in [-0.2, -0.15) is 0 Å². The molecule has 2 aliphatic carbocycles. The topological polar surface area (TPSA) is 9.86 Å². The Morgan fingerprint density at radius 3 is 1.60 bits per heavy atom. The van der Waals surface area contributed by atoms with Gasteiger partial charge in [0.1, 0.15) is 0 Å². The molecule has 45 heavy (non-hydrogen) atoms. The predicted octanol–water partition coefficient (Wildman–Crippen LogP) is 11.5. The fourth-order valence-corrected chi connectivity index (χ4v) is 8.71. The highest BCUT2D eigenvalue weighted by atomic mass is 15.0. The first-order chi connectivity index (χ1) is 22.2. The van der Waals surface area contributed by atoms with Crippen LogP contribution in [0.4, 0.5) is 0 Å². The predicted molar refractivity (Wildman–Crippen MR) is 190 cm³/mol. The molecular weight excluding hydrogens is 544 g/mol. The molecule has 220 valence electrons. The van der Waals surface area contributed by atoms with Gasteiger partial charge in [0.2, 0.25) is 0 Å². The second-order valence-electron chi connectivity index (χ2n) is 13.3. The molecule has 2 nitrogen and oxygen atoms in total. The highest BCUT2D eigenvalue weighted by Gasteiger charge is 2.36. The van der Waals surface area contributed by atoms with Crippen LogP contribution in [0, 0.1) is 0 Å². The zero-order valence-electron chi connectivity index (χ0n) is 25.9. The van der Waals surface area contributed by atoms with E-state index in [2.05, 4.69) is 150 Å². The van der Waals surface area contributed by atoms with Crippen LogP contribution in [0.15, 0.2) is 127 Å². The smallest absolute Gasteiger partial charge is 0.0541 e. The van der Waals surface area contributed by atoms with E-state index < -0.39 is 0 Å². The number of hydrogen-bond acceptors (Lipinski definition) is 0. The van der Waals surface area contributed by atoms with Gasteiger partial charge in [-0.25, -0.2) is 0 Å². The van der Waals surface area contributed by atoms with Crippen molar-refractivity contribution in [1.29, 1.82) is 0 Å². The number of hydrogen-bond donors (Lipinski definition) is 0. The van der Waals surface area contributed by atoms with E-state index in [0.29, 0.717) is 5.92 Å². The lowest BCUT2D eigenvalue weighted by molar-refractivity contribution is 0.346. The molecule has 1 atom stereocenters. The first kappa shape index (κ1) is 26.6. The quantitative estimate of drug-likeness (QED) is 0.195. The number of rotatable bonds is 4. The first-order valence-electron chi connectivity index (χ1n) is 16.7.